The maximum atomic E-state index is 11.4. The van der Waals surface area contributed by atoms with Gasteiger partial charge in [-0.2, -0.15) is 5.10 Å². The molecule has 2 aromatic heterocycles. The highest BCUT2D eigenvalue weighted by Gasteiger charge is 2.18. The maximum absolute atomic E-state index is 11.4. The number of primary sulfonamides is 1. The van der Waals surface area contributed by atoms with Crippen LogP contribution in [0.1, 0.15) is 38.1 Å². The third-order valence-electron chi connectivity index (χ3n) is 2.96. The van der Waals surface area contributed by atoms with Crippen molar-refractivity contribution in [2.45, 2.75) is 44.8 Å². The molecule has 0 atom stereocenters. The standard InChI is InChI=1S/C12H19N5O2S/c1-4-17-7-10(5-14-17)6-16-8-11(20(13,18)19)15-12(16)9(2)3/h5,7-9H,4,6H2,1-3H3,(H2,13,18,19). The van der Waals surface area contributed by atoms with Crippen LogP contribution in [0.15, 0.2) is 23.6 Å². The molecule has 0 fully saturated rings. The molecule has 2 aromatic rings. The van der Waals surface area contributed by atoms with E-state index in [9.17, 15) is 8.42 Å². The number of aromatic nitrogens is 4. The van der Waals surface area contributed by atoms with Gasteiger partial charge in [-0.25, -0.2) is 18.5 Å². The molecule has 8 heteroatoms. The van der Waals surface area contributed by atoms with Gasteiger partial charge in [0.1, 0.15) is 5.82 Å². The molecular formula is C12H19N5O2S. The lowest BCUT2D eigenvalue weighted by molar-refractivity contribution is 0.594. The highest BCUT2D eigenvalue weighted by atomic mass is 32.2. The minimum Gasteiger partial charge on any atom is -0.329 e. The van der Waals surface area contributed by atoms with Gasteiger partial charge in [-0.15, -0.1) is 0 Å². The van der Waals surface area contributed by atoms with Crippen LogP contribution in [0, 0.1) is 0 Å². The normalized spacial score (nSPS) is 12.2. The molecule has 0 saturated heterocycles. The molecule has 0 unspecified atom stereocenters. The van der Waals surface area contributed by atoms with Crippen LogP contribution < -0.4 is 5.14 Å². The van der Waals surface area contributed by atoms with E-state index in [2.05, 4.69) is 10.1 Å². The minimum absolute atomic E-state index is 0.0934. The van der Waals surface area contributed by atoms with Gasteiger partial charge >= 0.3 is 0 Å². The molecule has 0 aromatic carbocycles. The van der Waals surface area contributed by atoms with Crippen molar-refractivity contribution in [3.05, 3.63) is 30.0 Å². The number of hydrogen-bond acceptors (Lipinski definition) is 4. The SMILES string of the molecule is CCn1cc(Cn2cc(S(N)(=O)=O)nc2C(C)C)cn1. The minimum atomic E-state index is -3.78. The Morgan fingerprint density at radius 2 is 2.05 bits per heavy atom. The fraction of sp³-hybridized carbons (Fsp3) is 0.500. The molecule has 110 valence electrons. The molecule has 0 spiro atoms. The van der Waals surface area contributed by atoms with Gasteiger partial charge in [0.15, 0.2) is 5.03 Å². The smallest absolute Gasteiger partial charge is 0.257 e. The zero-order chi connectivity index (χ0) is 14.9. The van der Waals surface area contributed by atoms with E-state index in [1.165, 1.54) is 6.20 Å². The topological polar surface area (TPSA) is 95.8 Å². The van der Waals surface area contributed by atoms with E-state index < -0.39 is 10.0 Å². The first-order chi connectivity index (χ1) is 9.31. The highest BCUT2D eigenvalue weighted by molar-refractivity contribution is 7.89. The van der Waals surface area contributed by atoms with E-state index in [0.717, 1.165) is 12.1 Å². The lowest BCUT2D eigenvalue weighted by atomic mass is 10.2. The Labute approximate surface area is 118 Å². The van der Waals surface area contributed by atoms with Gasteiger partial charge in [-0.3, -0.25) is 4.68 Å². The summed E-state index contributed by atoms with van der Waals surface area (Å²) in [6.07, 6.45) is 5.18. The molecule has 2 heterocycles. The van der Waals surface area contributed by atoms with Crippen LogP contribution in [-0.4, -0.2) is 27.7 Å². The van der Waals surface area contributed by atoms with Gasteiger partial charge in [0.25, 0.3) is 10.0 Å². The number of imidazole rings is 1. The van der Waals surface area contributed by atoms with Crippen molar-refractivity contribution in [3.63, 3.8) is 0 Å². The Bertz CT molecular complexity index is 699. The van der Waals surface area contributed by atoms with E-state index in [-0.39, 0.29) is 10.9 Å². The highest BCUT2D eigenvalue weighted by Crippen LogP contribution is 2.18. The number of hydrogen-bond donors (Lipinski definition) is 1. The first kappa shape index (κ1) is 14.7. The number of aryl methyl sites for hydroxylation is 1. The molecule has 0 aliphatic rings. The summed E-state index contributed by atoms with van der Waals surface area (Å²) < 4.78 is 26.4. The van der Waals surface area contributed by atoms with Crippen LogP contribution in [0.2, 0.25) is 0 Å². The lowest BCUT2D eigenvalue weighted by Gasteiger charge is -2.08. The Morgan fingerprint density at radius 3 is 2.55 bits per heavy atom. The van der Waals surface area contributed by atoms with E-state index in [0.29, 0.717) is 12.4 Å². The third kappa shape index (κ3) is 3.07. The van der Waals surface area contributed by atoms with Crippen molar-refractivity contribution in [2.24, 2.45) is 5.14 Å². The van der Waals surface area contributed by atoms with Crippen LogP contribution in [0.5, 0.6) is 0 Å². The van der Waals surface area contributed by atoms with Gasteiger partial charge in [0.05, 0.1) is 12.7 Å². The van der Waals surface area contributed by atoms with E-state index in [1.807, 2.05) is 31.6 Å². The van der Waals surface area contributed by atoms with Crippen LogP contribution in [0.25, 0.3) is 0 Å². The molecule has 0 saturated carbocycles. The van der Waals surface area contributed by atoms with Gasteiger partial charge in [0.2, 0.25) is 0 Å². The molecular weight excluding hydrogens is 278 g/mol. The van der Waals surface area contributed by atoms with Gasteiger partial charge in [0, 0.05) is 30.4 Å². The Hall–Kier alpha value is -1.67. The summed E-state index contributed by atoms with van der Waals surface area (Å²) in [5, 5.41) is 9.25. The van der Waals surface area contributed by atoms with Crippen LogP contribution in [0.4, 0.5) is 0 Å². The van der Waals surface area contributed by atoms with Gasteiger partial charge in [-0.1, -0.05) is 13.8 Å². The quantitative estimate of drug-likeness (QED) is 0.887. The Morgan fingerprint density at radius 1 is 1.35 bits per heavy atom. The molecule has 0 bridgehead atoms. The van der Waals surface area contributed by atoms with E-state index in [4.69, 9.17) is 5.14 Å². The predicted octanol–water partition coefficient (Wildman–Crippen LogP) is 0.919. The average Bonchev–Trinajstić information content (AvgIpc) is 2.95. The zero-order valence-corrected chi connectivity index (χ0v) is 12.6. The first-order valence-corrected chi connectivity index (χ1v) is 7.97. The third-order valence-corrected chi connectivity index (χ3v) is 3.74. The number of nitrogens with two attached hydrogens (primary N) is 1. The van der Waals surface area contributed by atoms with Crippen molar-refractivity contribution in [2.75, 3.05) is 0 Å². The second-order valence-electron chi connectivity index (χ2n) is 4.97. The van der Waals surface area contributed by atoms with Crippen molar-refractivity contribution in [3.8, 4) is 0 Å². The van der Waals surface area contributed by atoms with E-state index >= 15 is 0 Å². The Kier molecular flexibility index (Phi) is 3.96. The molecule has 0 amide bonds. The van der Waals surface area contributed by atoms with Gasteiger partial charge < -0.3 is 4.57 Å². The summed E-state index contributed by atoms with van der Waals surface area (Å²) in [6.45, 7) is 7.24. The largest absolute Gasteiger partial charge is 0.329 e. The fourth-order valence-electron chi connectivity index (χ4n) is 1.99. The summed E-state index contributed by atoms with van der Waals surface area (Å²) in [5.41, 5.74) is 0.993. The average molecular weight is 297 g/mol. The predicted molar refractivity (Wildman–Crippen MR) is 74.7 cm³/mol. The number of rotatable bonds is 5. The summed E-state index contributed by atoms with van der Waals surface area (Å²) in [5.74, 6) is 0.796. The maximum Gasteiger partial charge on any atom is 0.257 e. The number of nitrogens with zero attached hydrogens (tertiary/aromatic N) is 4. The zero-order valence-electron chi connectivity index (χ0n) is 11.8. The molecule has 7 nitrogen and oxygen atoms in total. The van der Waals surface area contributed by atoms with E-state index in [1.54, 1.807) is 10.8 Å². The molecule has 2 rings (SSSR count). The van der Waals surface area contributed by atoms with Crippen molar-refractivity contribution in [1.82, 2.24) is 19.3 Å². The van der Waals surface area contributed by atoms with Crippen molar-refractivity contribution in [1.29, 1.82) is 0 Å². The summed E-state index contributed by atoms with van der Waals surface area (Å²) in [7, 11) is -3.78. The van der Waals surface area contributed by atoms with Crippen LogP contribution in [0.3, 0.4) is 0 Å². The Balaban J connectivity index is 2.37. The summed E-state index contributed by atoms with van der Waals surface area (Å²) >= 11 is 0. The summed E-state index contributed by atoms with van der Waals surface area (Å²) in [4.78, 5) is 4.13. The fourth-order valence-corrected chi connectivity index (χ4v) is 2.48. The van der Waals surface area contributed by atoms with Crippen LogP contribution >= 0.6 is 0 Å². The molecule has 20 heavy (non-hydrogen) atoms. The lowest BCUT2D eigenvalue weighted by Crippen LogP contribution is -2.12. The van der Waals surface area contributed by atoms with Crippen molar-refractivity contribution >= 4 is 10.0 Å². The number of sulfonamides is 1. The molecule has 0 aliphatic heterocycles. The molecule has 0 radical (unpaired) electrons. The summed E-state index contributed by atoms with van der Waals surface area (Å²) in [6, 6.07) is 0. The first-order valence-electron chi connectivity index (χ1n) is 6.42. The van der Waals surface area contributed by atoms with Gasteiger partial charge in [-0.05, 0) is 6.92 Å². The molecule has 2 N–H and O–H groups in total. The second-order valence-corrected chi connectivity index (χ2v) is 6.48. The van der Waals surface area contributed by atoms with Crippen molar-refractivity contribution < 1.29 is 8.42 Å². The molecule has 0 aliphatic carbocycles. The second kappa shape index (κ2) is 5.37. The van der Waals surface area contributed by atoms with Crippen LogP contribution in [-0.2, 0) is 23.1 Å². The monoisotopic (exact) mass is 297 g/mol.